The van der Waals surface area contributed by atoms with Gasteiger partial charge in [-0.05, 0) is 31.0 Å². The van der Waals surface area contributed by atoms with Crippen molar-refractivity contribution in [3.8, 4) is 5.75 Å². The summed E-state index contributed by atoms with van der Waals surface area (Å²) in [6.45, 7) is 2.41. The lowest BCUT2D eigenvalue weighted by molar-refractivity contribution is -0.136. The molecule has 1 aromatic heterocycles. The average Bonchev–Trinajstić information content (AvgIpc) is 2.49. The second-order valence-corrected chi connectivity index (χ2v) is 5.57. The summed E-state index contributed by atoms with van der Waals surface area (Å²) >= 11 is 1.22. The van der Waals surface area contributed by atoms with Crippen molar-refractivity contribution in [2.24, 2.45) is 0 Å². The Morgan fingerprint density at radius 3 is 2.71 bits per heavy atom. The molecule has 0 saturated carbocycles. The maximum Gasteiger partial charge on any atom is 0.317 e. The van der Waals surface area contributed by atoms with E-state index in [1.165, 1.54) is 11.8 Å². The van der Waals surface area contributed by atoms with E-state index in [4.69, 9.17) is 4.74 Å². The summed E-state index contributed by atoms with van der Waals surface area (Å²) < 4.78 is 5.49. The van der Waals surface area contributed by atoms with E-state index < -0.39 is 11.2 Å². The molecule has 1 N–H and O–H groups in total. The number of carbonyl (C=O) groups is 1. The van der Waals surface area contributed by atoms with Gasteiger partial charge in [0.05, 0.1) is 6.61 Å². The van der Waals surface area contributed by atoms with Gasteiger partial charge in [-0.1, -0.05) is 42.1 Å². The Morgan fingerprint density at radius 1 is 1.29 bits per heavy atom. The predicted molar refractivity (Wildman–Crippen MR) is 82.8 cm³/mol. The monoisotopic (exact) mass is 303 g/mol. The highest BCUT2D eigenvalue weighted by molar-refractivity contribution is 8.00. The molecule has 1 atom stereocenters. The molecule has 0 saturated heterocycles. The largest absolute Gasteiger partial charge is 0.491 e. The minimum Gasteiger partial charge on any atom is -0.491 e. The first kappa shape index (κ1) is 15.4. The van der Waals surface area contributed by atoms with Crippen molar-refractivity contribution in [2.45, 2.75) is 23.6 Å². The number of benzene rings is 1. The van der Waals surface area contributed by atoms with Crippen molar-refractivity contribution in [1.82, 2.24) is 4.98 Å². The van der Waals surface area contributed by atoms with Gasteiger partial charge in [-0.15, -0.1) is 0 Å². The molecule has 1 heterocycles. The van der Waals surface area contributed by atoms with E-state index >= 15 is 0 Å². The van der Waals surface area contributed by atoms with Gasteiger partial charge in [-0.25, -0.2) is 4.98 Å². The Kier molecular flexibility index (Phi) is 5.63. The van der Waals surface area contributed by atoms with Crippen LogP contribution in [-0.4, -0.2) is 27.9 Å². The van der Waals surface area contributed by atoms with Crippen LogP contribution in [0.4, 0.5) is 0 Å². The van der Waals surface area contributed by atoms with Gasteiger partial charge >= 0.3 is 5.97 Å². The zero-order chi connectivity index (χ0) is 15.1. The number of aliphatic carboxylic acids is 1. The van der Waals surface area contributed by atoms with E-state index in [9.17, 15) is 9.90 Å². The summed E-state index contributed by atoms with van der Waals surface area (Å²) in [7, 11) is 0. The summed E-state index contributed by atoms with van der Waals surface area (Å²) in [5, 5.41) is 9.45. The second-order valence-electron chi connectivity index (χ2n) is 4.37. The molecular weight excluding hydrogens is 286 g/mol. The molecule has 0 radical (unpaired) electrons. The van der Waals surface area contributed by atoms with Crippen LogP contribution in [0, 0.1) is 0 Å². The van der Waals surface area contributed by atoms with Gasteiger partial charge in [-0.2, -0.15) is 0 Å². The minimum absolute atomic E-state index is 0.447. The molecule has 0 bridgehead atoms. The fourth-order valence-electron chi connectivity index (χ4n) is 1.87. The second kappa shape index (κ2) is 7.69. The highest BCUT2D eigenvalue weighted by Gasteiger charge is 2.22. The Balaban J connectivity index is 2.15. The zero-order valence-electron chi connectivity index (χ0n) is 11.7. The number of pyridine rings is 1. The van der Waals surface area contributed by atoms with E-state index in [1.807, 2.05) is 37.3 Å². The van der Waals surface area contributed by atoms with Gasteiger partial charge < -0.3 is 9.84 Å². The first-order valence-electron chi connectivity index (χ1n) is 6.72. The van der Waals surface area contributed by atoms with Crippen LogP contribution in [0.3, 0.4) is 0 Å². The van der Waals surface area contributed by atoms with E-state index in [0.717, 1.165) is 5.56 Å². The average molecular weight is 303 g/mol. The quantitative estimate of drug-likeness (QED) is 0.796. The number of carboxylic acids is 1. The molecule has 0 spiro atoms. The maximum absolute atomic E-state index is 11.5. The number of nitrogens with zero attached hydrogens (tertiary/aromatic N) is 1. The number of ether oxygens (including phenoxy) is 1. The lowest BCUT2D eigenvalue weighted by Gasteiger charge is -2.14. The number of carboxylic acid groups (broad SMARTS) is 1. The van der Waals surface area contributed by atoms with Crippen LogP contribution in [-0.2, 0) is 11.2 Å². The van der Waals surface area contributed by atoms with Crippen molar-refractivity contribution in [2.75, 3.05) is 6.61 Å². The van der Waals surface area contributed by atoms with Crippen molar-refractivity contribution < 1.29 is 14.6 Å². The van der Waals surface area contributed by atoms with E-state index in [-0.39, 0.29) is 0 Å². The minimum atomic E-state index is -0.850. The van der Waals surface area contributed by atoms with E-state index in [0.29, 0.717) is 23.8 Å². The number of aromatic nitrogens is 1. The van der Waals surface area contributed by atoms with Crippen LogP contribution in [0.5, 0.6) is 5.75 Å². The lowest BCUT2D eigenvalue weighted by Crippen LogP contribution is -2.19. The third-order valence-electron chi connectivity index (χ3n) is 2.83. The molecule has 5 heteroatoms. The molecule has 1 unspecified atom stereocenters. The molecule has 21 heavy (non-hydrogen) atoms. The van der Waals surface area contributed by atoms with Crippen molar-refractivity contribution in [3.05, 3.63) is 54.2 Å². The van der Waals surface area contributed by atoms with Gasteiger partial charge in [0.2, 0.25) is 0 Å². The maximum atomic E-state index is 11.5. The molecular formula is C16H17NO3S. The van der Waals surface area contributed by atoms with Crippen molar-refractivity contribution >= 4 is 17.7 Å². The topological polar surface area (TPSA) is 59.4 Å². The summed E-state index contributed by atoms with van der Waals surface area (Å²) in [5.74, 6) is -0.221. The van der Waals surface area contributed by atoms with Gasteiger partial charge in [-0.3, -0.25) is 4.79 Å². The molecule has 0 aliphatic heterocycles. The highest BCUT2D eigenvalue weighted by Crippen LogP contribution is 2.31. The van der Waals surface area contributed by atoms with Crippen LogP contribution in [0.1, 0.15) is 12.5 Å². The molecule has 0 aliphatic carbocycles. The number of hydrogen-bond acceptors (Lipinski definition) is 4. The molecule has 0 fully saturated rings. The van der Waals surface area contributed by atoms with Gasteiger partial charge in [0, 0.05) is 6.20 Å². The van der Waals surface area contributed by atoms with E-state index in [2.05, 4.69) is 4.98 Å². The zero-order valence-corrected chi connectivity index (χ0v) is 12.5. The third-order valence-corrected chi connectivity index (χ3v) is 4.01. The molecule has 2 aromatic rings. The SMILES string of the molecule is CCOc1cccnc1SC(Cc1ccccc1)C(=O)O. The van der Waals surface area contributed by atoms with Crippen molar-refractivity contribution in [1.29, 1.82) is 0 Å². The fraction of sp³-hybridized carbons (Fsp3) is 0.250. The highest BCUT2D eigenvalue weighted by atomic mass is 32.2. The van der Waals surface area contributed by atoms with Crippen LogP contribution < -0.4 is 4.74 Å². The normalized spacial score (nSPS) is 11.9. The molecule has 0 aliphatic rings. The third kappa shape index (κ3) is 4.49. The molecule has 0 amide bonds. The molecule has 1 aromatic carbocycles. The van der Waals surface area contributed by atoms with Crippen LogP contribution in [0.15, 0.2) is 53.7 Å². The fourth-order valence-corrected chi connectivity index (χ4v) is 2.88. The number of hydrogen-bond donors (Lipinski definition) is 1. The van der Waals surface area contributed by atoms with E-state index in [1.54, 1.807) is 18.3 Å². The summed E-state index contributed by atoms with van der Waals surface area (Å²) in [6.07, 6.45) is 2.09. The van der Waals surface area contributed by atoms with Crippen molar-refractivity contribution in [3.63, 3.8) is 0 Å². The standard InChI is InChI=1S/C16H17NO3S/c1-2-20-13-9-6-10-17-15(13)21-14(16(18)19)11-12-7-4-3-5-8-12/h3-10,14H,2,11H2,1H3,(H,18,19). The summed E-state index contributed by atoms with van der Waals surface area (Å²) in [6, 6.07) is 13.2. The number of thioether (sulfide) groups is 1. The van der Waals surface area contributed by atoms with Crippen LogP contribution in [0.2, 0.25) is 0 Å². The first-order chi connectivity index (χ1) is 10.2. The Labute approximate surface area is 128 Å². The van der Waals surface area contributed by atoms with Gasteiger partial charge in [0.15, 0.2) is 5.75 Å². The predicted octanol–water partition coefficient (Wildman–Crippen LogP) is 3.27. The Bertz CT molecular complexity index is 589. The Morgan fingerprint density at radius 2 is 2.05 bits per heavy atom. The van der Waals surface area contributed by atoms with Gasteiger partial charge in [0.1, 0.15) is 10.3 Å². The smallest absolute Gasteiger partial charge is 0.317 e. The molecule has 4 nitrogen and oxygen atoms in total. The first-order valence-corrected chi connectivity index (χ1v) is 7.60. The molecule has 2 rings (SSSR count). The summed E-state index contributed by atoms with van der Waals surface area (Å²) in [5.41, 5.74) is 0.992. The van der Waals surface area contributed by atoms with Crippen LogP contribution in [0.25, 0.3) is 0 Å². The lowest BCUT2D eigenvalue weighted by atomic mass is 10.1. The van der Waals surface area contributed by atoms with Gasteiger partial charge in [0.25, 0.3) is 0 Å². The summed E-state index contributed by atoms with van der Waals surface area (Å²) in [4.78, 5) is 15.7. The molecule has 110 valence electrons. The van der Waals surface area contributed by atoms with Crippen LogP contribution >= 0.6 is 11.8 Å². The Hall–Kier alpha value is -2.01. The number of rotatable bonds is 7.